The van der Waals surface area contributed by atoms with Crippen LogP contribution < -0.4 is 25.5 Å². The lowest BCUT2D eigenvalue weighted by Gasteiger charge is -2.42. The van der Waals surface area contributed by atoms with Crippen molar-refractivity contribution < 1.29 is 14.2 Å². The lowest BCUT2D eigenvalue weighted by molar-refractivity contribution is 0.0902. The van der Waals surface area contributed by atoms with Crippen molar-refractivity contribution in [2.75, 3.05) is 40.5 Å². The zero-order chi connectivity index (χ0) is 25.5. The molecule has 194 valence electrons. The molecule has 3 aromatic heterocycles. The van der Waals surface area contributed by atoms with Crippen LogP contribution in [-0.4, -0.2) is 64.9 Å². The summed E-state index contributed by atoms with van der Waals surface area (Å²) in [5.74, 6) is 3.08. The molecule has 0 radical (unpaired) electrons. The summed E-state index contributed by atoms with van der Waals surface area (Å²) in [7, 11) is 3.22. The summed E-state index contributed by atoms with van der Waals surface area (Å²) < 4.78 is 18.6. The molecule has 5 heterocycles. The number of piperidine rings is 1. The van der Waals surface area contributed by atoms with Gasteiger partial charge in [-0.25, -0.2) is 14.8 Å². The van der Waals surface area contributed by atoms with Crippen LogP contribution in [0.25, 0.3) is 20.6 Å². The van der Waals surface area contributed by atoms with Crippen molar-refractivity contribution in [1.29, 1.82) is 0 Å². The fourth-order valence-electron chi connectivity index (χ4n) is 5.67. The molecule has 37 heavy (non-hydrogen) atoms. The first-order valence-corrected chi connectivity index (χ1v) is 13.4. The molecule has 0 saturated carbocycles. The number of thiophene rings is 1. The topological polar surface area (TPSA) is 112 Å². The van der Waals surface area contributed by atoms with E-state index < -0.39 is 5.69 Å². The van der Waals surface area contributed by atoms with E-state index >= 15 is 0 Å². The van der Waals surface area contributed by atoms with E-state index in [1.807, 2.05) is 18.2 Å². The highest BCUT2D eigenvalue weighted by atomic mass is 32.1. The number of unbranched alkanes of at least 4 members (excludes halogenated alkanes) is 1. The third kappa shape index (κ3) is 4.25. The minimum absolute atomic E-state index is 0.296. The summed E-state index contributed by atoms with van der Waals surface area (Å²) in [6, 6.07) is 6.03. The molecule has 0 amide bonds. The number of fused-ring (bicyclic) bond motifs is 6. The number of ether oxygens (including phenoxy) is 3. The van der Waals surface area contributed by atoms with Crippen LogP contribution in [0.15, 0.2) is 34.0 Å². The normalized spacial score (nSPS) is 19.4. The molecule has 11 heteroatoms. The van der Waals surface area contributed by atoms with Crippen molar-refractivity contribution >= 4 is 31.9 Å². The Bertz CT molecular complexity index is 1560. The van der Waals surface area contributed by atoms with E-state index in [0.29, 0.717) is 44.8 Å². The molecule has 1 N–H and O–H groups in total. The minimum Gasteiger partial charge on any atom is -0.496 e. The van der Waals surface area contributed by atoms with Gasteiger partial charge in [-0.3, -0.25) is 9.36 Å². The van der Waals surface area contributed by atoms with Crippen LogP contribution in [0.5, 0.6) is 17.4 Å². The Kier molecular flexibility index (Phi) is 6.33. The molecule has 0 spiro atoms. The quantitative estimate of drug-likeness (QED) is 0.368. The lowest BCUT2D eigenvalue weighted by Crippen LogP contribution is -2.44. The number of nitrogens with one attached hydrogen (secondary N) is 1. The van der Waals surface area contributed by atoms with Gasteiger partial charge < -0.3 is 24.1 Å². The molecule has 0 unspecified atom stereocenters. The van der Waals surface area contributed by atoms with Gasteiger partial charge in [0.15, 0.2) is 0 Å². The molecule has 2 aliphatic heterocycles. The summed E-state index contributed by atoms with van der Waals surface area (Å²) in [6.45, 7) is 4.00. The Balaban J connectivity index is 1.10. The summed E-state index contributed by atoms with van der Waals surface area (Å²) >= 11 is 1.24. The second kappa shape index (κ2) is 9.79. The van der Waals surface area contributed by atoms with Gasteiger partial charge in [0.2, 0.25) is 5.88 Å². The zero-order valence-electron chi connectivity index (χ0n) is 20.9. The van der Waals surface area contributed by atoms with Gasteiger partial charge in [0.1, 0.15) is 26.5 Å². The molecular formula is C26H29N5O5S. The molecular weight excluding hydrogens is 494 g/mol. The standard InChI is InChI=1S/C26H29N5O5S/c1-34-17-6-5-7-18-20(17)16-8-11-30(13-15(16)14-36-18)9-3-4-10-31-25(32)23-21(29-26(31)33)22-24(37-23)27-12-19(28-22)35-2/h5-7,12,15-16H,3-4,8-11,13-14H2,1-2H3,(H,29,33)/t15-,16+/m0/s1. The maximum absolute atomic E-state index is 13.1. The van der Waals surface area contributed by atoms with E-state index in [1.54, 1.807) is 7.11 Å². The van der Waals surface area contributed by atoms with Crippen LogP contribution in [-0.2, 0) is 6.54 Å². The molecule has 0 bridgehead atoms. The number of H-pyrrole nitrogens is 1. The van der Waals surface area contributed by atoms with Crippen LogP contribution in [0.4, 0.5) is 0 Å². The number of methoxy groups -OCH3 is 2. The predicted octanol–water partition coefficient (Wildman–Crippen LogP) is 2.99. The van der Waals surface area contributed by atoms with Crippen LogP contribution in [0.2, 0.25) is 0 Å². The van der Waals surface area contributed by atoms with E-state index in [-0.39, 0.29) is 5.56 Å². The fraction of sp³-hybridized carbons (Fsp3) is 0.462. The first-order valence-electron chi connectivity index (χ1n) is 12.6. The van der Waals surface area contributed by atoms with Crippen molar-refractivity contribution in [2.45, 2.75) is 31.7 Å². The first-order chi connectivity index (χ1) is 18.1. The number of aromatic amines is 1. The predicted molar refractivity (Wildman–Crippen MR) is 141 cm³/mol. The average molecular weight is 524 g/mol. The molecule has 2 atom stereocenters. The molecule has 4 aromatic rings. The van der Waals surface area contributed by atoms with E-state index in [0.717, 1.165) is 57.0 Å². The molecule has 6 rings (SSSR count). The number of rotatable bonds is 7. The van der Waals surface area contributed by atoms with Gasteiger partial charge in [0.05, 0.1) is 32.5 Å². The number of hydrogen-bond acceptors (Lipinski definition) is 9. The SMILES string of the molecule is COc1cnc2sc3c(=O)n(CCCCN4CC[C@H]5c6c(OC)cccc6OC[C@@H]5C4)c(=O)[nH]c3c2n1. The first kappa shape index (κ1) is 23.9. The van der Waals surface area contributed by atoms with E-state index in [1.165, 1.54) is 34.8 Å². The maximum Gasteiger partial charge on any atom is 0.328 e. The second-order valence-electron chi connectivity index (χ2n) is 9.61. The molecule has 0 aliphatic carbocycles. The second-order valence-corrected chi connectivity index (χ2v) is 10.6. The van der Waals surface area contributed by atoms with Gasteiger partial charge >= 0.3 is 5.69 Å². The molecule has 2 aliphatic rings. The van der Waals surface area contributed by atoms with Crippen LogP contribution in [0.3, 0.4) is 0 Å². The van der Waals surface area contributed by atoms with Gasteiger partial charge in [-0.2, -0.15) is 0 Å². The van der Waals surface area contributed by atoms with Gasteiger partial charge in [-0.15, -0.1) is 11.3 Å². The summed E-state index contributed by atoms with van der Waals surface area (Å²) in [5.41, 5.74) is 1.40. The average Bonchev–Trinajstić information content (AvgIpc) is 3.29. The van der Waals surface area contributed by atoms with Crippen molar-refractivity contribution in [1.82, 2.24) is 24.4 Å². The van der Waals surface area contributed by atoms with E-state index in [2.05, 4.69) is 19.9 Å². The van der Waals surface area contributed by atoms with Crippen molar-refractivity contribution in [3.05, 3.63) is 50.8 Å². The Hall–Kier alpha value is -3.44. The van der Waals surface area contributed by atoms with Gasteiger partial charge in [0, 0.05) is 24.6 Å². The maximum atomic E-state index is 13.1. The van der Waals surface area contributed by atoms with Crippen LogP contribution in [0, 0.1) is 5.92 Å². The van der Waals surface area contributed by atoms with Gasteiger partial charge in [0.25, 0.3) is 5.56 Å². The summed E-state index contributed by atoms with van der Waals surface area (Å²) in [6.07, 6.45) is 4.21. The summed E-state index contributed by atoms with van der Waals surface area (Å²) in [5, 5.41) is 0. The van der Waals surface area contributed by atoms with Gasteiger partial charge in [-0.1, -0.05) is 6.07 Å². The minimum atomic E-state index is -0.422. The number of nitrogens with zero attached hydrogens (tertiary/aromatic N) is 4. The third-order valence-electron chi connectivity index (χ3n) is 7.50. The Morgan fingerprint density at radius 3 is 2.89 bits per heavy atom. The van der Waals surface area contributed by atoms with Crippen molar-refractivity contribution in [3.8, 4) is 17.4 Å². The molecule has 1 fully saturated rings. The molecule has 10 nitrogen and oxygen atoms in total. The highest BCUT2D eigenvalue weighted by molar-refractivity contribution is 7.25. The highest BCUT2D eigenvalue weighted by Gasteiger charge is 2.37. The summed E-state index contributed by atoms with van der Waals surface area (Å²) in [4.78, 5) is 40.4. The monoisotopic (exact) mass is 523 g/mol. The molecule has 1 saturated heterocycles. The number of hydrogen-bond donors (Lipinski definition) is 1. The third-order valence-corrected chi connectivity index (χ3v) is 8.57. The lowest BCUT2D eigenvalue weighted by atomic mass is 9.78. The van der Waals surface area contributed by atoms with Crippen LogP contribution >= 0.6 is 11.3 Å². The van der Waals surface area contributed by atoms with Crippen molar-refractivity contribution in [3.63, 3.8) is 0 Å². The van der Waals surface area contributed by atoms with Crippen molar-refractivity contribution in [2.24, 2.45) is 5.92 Å². The number of aromatic nitrogens is 4. The Morgan fingerprint density at radius 2 is 2.05 bits per heavy atom. The Morgan fingerprint density at radius 1 is 1.19 bits per heavy atom. The molecule has 1 aromatic carbocycles. The van der Waals surface area contributed by atoms with Crippen LogP contribution in [0.1, 0.15) is 30.7 Å². The largest absolute Gasteiger partial charge is 0.496 e. The smallest absolute Gasteiger partial charge is 0.328 e. The number of benzene rings is 1. The Labute approximate surface area is 216 Å². The zero-order valence-corrected chi connectivity index (χ0v) is 21.7. The fourth-order valence-corrected chi connectivity index (χ4v) is 6.66. The van der Waals surface area contributed by atoms with E-state index in [9.17, 15) is 9.59 Å². The van der Waals surface area contributed by atoms with E-state index in [4.69, 9.17) is 14.2 Å². The highest BCUT2D eigenvalue weighted by Crippen LogP contribution is 2.46. The number of likely N-dealkylation sites (tertiary alicyclic amines) is 1. The van der Waals surface area contributed by atoms with Gasteiger partial charge in [-0.05, 0) is 50.4 Å².